The molecule has 6 heterocycles. The molecule has 0 atom stereocenters. The van der Waals surface area contributed by atoms with Crippen molar-refractivity contribution in [3.05, 3.63) is 231 Å². The summed E-state index contributed by atoms with van der Waals surface area (Å²) in [6, 6.07) is 83.0. The zero-order chi connectivity index (χ0) is 45.9. The first-order valence-corrected chi connectivity index (χ1v) is 26.3. The Hall–Kier alpha value is -8.96. The molecular weight excluding hydrogens is 893 g/mol. The first kappa shape index (κ1) is 39.1. The lowest BCUT2D eigenvalue weighted by molar-refractivity contribution is 0.970. The van der Waals surface area contributed by atoms with E-state index in [-0.39, 0.29) is 0 Å². The highest BCUT2D eigenvalue weighted by Crippen LogP contribution is 2.35. The van der Waals surface area contributed by atoms with Crippen LogP contribution in [0.2, 0.25) is 0 Å². The molecule has 0 N–H and O–H groups in total. The number of benzene rings is 9. The molecule has 0 spiro atoms. The first-order valence-electron chi connectivity index (χ1n) is 23.5. The van der Waals surface area contributed by atoms with Crippen LogP contribution in [0.4, 0.5) is 0 Å². The topological polar surface area (TPSA) is 70.2 Å². The zero-order valence-corrected chi connectivity index (χ0v) is 39.2. The Morgan fingerprint density at radius 1 is 0.329 bits per heavy atom. The Morgan fingerprint density at radius 3 is 1.40 bits per heavy atom. The minimum Gasteiger partial charge on any atom is -0.276 e. The molecule has 328 valence electrons. The minimum absolute atomic E-state index is 0.594. The smallest absolute Gasteiger partial charge is 0.221 e. The van der Waals surface area contributed by atoms with Gasteiger partial charge in [0.1, 0.15) is 11.6 Å². The van der Waals surface area contributed by atoms with E-state index in [0.29, 0.717) is 17.5 Å². The summed E-state index contributed by atoms with van der Waals surface area (Å²) in [5.74, 6) is 3.54. The maximum Gasteiger partial charge on any atom is 0.221 e. The molecule has 0 saturated carbocycles. The lowest BCUT2D eigenvalue weighted by Gasteiger charge is -2.34. The fourth-order valence-corrected chi connectivity index (χ4v) is 17.0. The molecule has 70 heavy (non-hydrogen) atoms. The Kier molecular flexibility index (Phi) is 8.38. The van der Waals surface area contributed by atoms with Crippen molar-refractivity contribution in [1.82, 2.24) is 37.9 Å². The predicted molar refractivity (Wildman–Crippen MR) is 290 cm³/mol. The average Bonchev–Trinajstić information content (AvgIpc) is 4.23. The maximum absolute atomic E-state index is 5.61. The fraction of sp³-hybridized carbons (Fsp3) is 0. The van der Waals surface area contributed by atoms with E-state index >= 15 is 0 Å². The van der Waals surface area contributed by atoms with Crippen LogP contribution in [0.15, 0.2) is 231 Å². The second-order valence-electron chi connectivity index (χ2n) is 17.9. The van der Waals surface area contributed by atoms with Gasteiger partial charge in [0, 0.05) is 31.8 Å². The van der Waals surface area contributed by atoms with E-state index in [9.17, 15) is 0 Å². The van der Waals surface area contributed by atoms with Crippen molar-refractivity contribution in [3.8, 4) is 23.0 Å². The Bertz CT molecular complexity index is 4360. The van der Waals surface area contributed by atoms with E-state index in [1.54, 1.807) is 0 Å². The normalized spacial score (nSPS) is 12.3. The second-order valence-corrected chi connectivity index (χ2v) is 22.8. The number of hydrogen-bond donors (Lipinski definition) is 0. The van der Waals surface area contributed by atoms with Crippen LogP contribution in [0, 0.1) is 0 Å². The average molecular weight is 931 g/mol. The van der Waals surface area contributed by atoms with E-state index in [2.05, 4.69) is 236 Å². The third-order valence-electron chi connectivity index (χ3n) is 14.1. The Morgan fingerprint density at radius 2 is 0.800 bits per heavy atom. The molecule has 8 nitrogen and oxygen atoms in total. The molecule has 0 fully saturated rings. The minimum atomic E-state index is -3.05. The zero-order valence-electron chi connectivity index (χ0n) is 37.4. The van der Waals surface area contributed by atoms with Crippen LogP contribution in [-0.4, -0.2) is 45.9 Å². The number of fused-ring (bicyclic) bond motifs is 13. The molecule has 0 bridgehead atoms. The lowest BCUT2D eigenvalue weighted by atomic mass is 10.1. The van der Waals surface area contributed by atoms with Gasteiger partial charge in [0.25, 0.3) is 0 Å². The van der Waals surface area contributed by atoms with E-state index in [1.807, 2.05) is 23.5 Å². The number of hydrogen-bond acceptors (Lipinski definition) is 5. The van der Waals surface area contributed by atoms with Gasteiger partial charge in [-0.1, -0.05) is 164 Å². The molecule has 0 aliphatic heterocycles. The summed E-state index contributed by atoms with van der Waals surface area (Å²) in [6.07, 6.45) is 0. The summed E-state index contributed by atoms with van der Waals surface area (Å²) in [5.41, 5.74) is 8.88. The van der Waals surface area contributed by atoms with Crippen molar-refractivity contribution < 1.29 is 0 Å². The number of nitrogens with zero attached hydrogens (tertiary/aromatic N) is 8. The summed E-state index contributed by atoms with van der Waals surface area (Å²) < 4.78 is 11.4. The van der Waals surface area contributed by atoms with Gasteiger partial charge >= 0.3 is 0 Å². The molecule has 0 saturated heterocycles. The summed E-state index contributed by atoms with van der Waals surface area (Å²) in [4.78, 5) is 21.8. The Labute approximate surface area is 405 Å². The van der Waals surface area contributed by atoms with Gasteiger partial charge in [-0.25, -0.2) is 19.9 Å². The highest BCUT2D eigenvalue weighted by atomic mass is 32.1. The van der Waals surface area contributed by atoms with Crippen LogP contribution in [-0.2, 0) is 0 Å². The van der Waals surface area contributed by atoms with Gasteiger partial charge in [-0.3, -0.25) is 17.9 Å². The molecule has 0 unspecified atom stereocenters. The van der Waals surface area contributed by atoms with Gasteiger partial charge in [-0.15, -0.1) is 11.3 Å². The van der Waals surface area contributed by atoms with E-state index in [0.717, 1.165) is 61.3 Å². The molecule has 0 radical (unpaired) electrons. The van der Waals surface area contributed by atoms with E-state index < -0.39 is 8.07 Å². The molecule has 0 aliphatic rings. The molecule has 10 heteroatoms. The van der Waals surface area contributed by atoms with E-state index in [4.69, 9.17) is 19.9 Å². The van der Waals surface area contributed by atoms with Crippen LogP contribution in [0.25, 0.3) is 98.9 Å². The Balaban J connectivity index is 1.04. The fourth-order valence-electron chi connectivity index (χ4n) is 11.2. The van der Waals surface area contributed by atoms with Crippen LogP contribution in [0.1, 0.15) is 0 Å². The predicted octanol–water partition coefficient (Wildman–Crippen LogP) is 11.4. The quantitative estimate of drug-likeness (QED) is 0.118. The van der Waals surface area contributed by atoms with Crippen LogP contribution >= 0.6 is 11.3 Å². The number of aromatic nitrogens is 8. The summed E-state index contributed by atoms with van der Waals surface area (Å²) in [7, 11) is -3.05. The van der Waals surface area contributed by atoms with Crippen molar-refractivity contribution >= 4 is 116 Å². The number of para-hydroxylation sites is 8. The number of thiophene rings is 1. The van der Waals surface area contributed by atoms with Gasteiger partial charge in [0.05, 0.1) is 44.1 Å². The van der Waals surface area contributed by atoms with Crippen LogP contribution in [0.5, 0.6) is 0 Å². The first-order chi connectivity index (χ1) is 34.7. The molecular formula is C60H38N8SSi. The standard InChI is InChI=1S/C60H38N8SSi/c1-3-19-40(20-4-1)70(41-21-5-2-6-22-41,43-34-35-55-45(37-43)44-24-7-16-33-54(44)69-55)42-23-17-18-39(36-42)58-63-56(67-52-31-14-12-29-50(52)65-48-27-10-8-25-46(48)61-59(65)67)38-57(64-58)68-53-32-15-13-30-51(53)66-49-28-11-9-26-47(49)62-60(66)68/h1-38H. The number of rotatable bonds is 7. The van der Waals surface area contributed by atoms with Crippen molar-refractivity contribution in [1.29, 1.82) is 0 Å². The highest BCUT2D eigenvalue weighted by Gasteiger charge is 2.42. The van der Waals surface area contributed by atoms with Gasteiger partial charge in [-0.05, 0) is 81.4 Å². The summed E-state index contributed by atoms with van der Waals surface area (Å²) in [6.45, 7) is 0. The second kappa shape index (κ2) is 15.0. The van der Waals surface area contributed by atoms with Gasteiger partial charge in [0.15, 0.2) is 13.9 Å². The summed E-state index contributed by atoms with van der Waals surface area (Å²) >= 11 is 1.86. The van der Waals surface area contributed by atoms with Gasteiger partial charge in [-0.2, -0.15) is 0 Å². The molecule has 9 aromatic carbocycles. The third kappa shape index (κ3) is 5.56. The van der Waals surface area contributed by atoms with Gasteiger partial charge in [0.2, 0.25) is 11.6 Å². The molecule has 6 aromatic heterocycles. The molecule has 15 aromatic rings. The van der Waals surface area contributed by atoms with Gasteiger partial charge < -0.3 is 0 Å². The molecule has 0 amide bonds. The lowest BCUT2D eigenvalue weighted by Crippen LogP contribution is -2.74. The van der Waals surface area contributed by atoms with Crippen LogP contribution in [0.3, 0.4) is 0 Å². The van der Waals surface area contributed by atoms with E-state index in [1.165, 1.54) is 40.9 Å². The molecule has 0 aliphatic carbocycles. The highest BCUT2D eigenvalue weighted by molar-refractivity contribution is 7.26. The summed E-state index contributed by atoms with van der Waals surface area (Å²) in [5, 5.41) is 7.72. The SMILES string of the molecule is c1ccc([Si](c2ccccc2)(c2cccc(-c3nc(-n4c5ccccc5n5c6ccccc6nc45)cc(-n4c5ccccc5n5c6ccccc6nc45)n3)c2)c2ccc3sc4ccccc4c3c2)cc1. The number of imidazole rings is 4. The van der Waals surface area contributed by atoms with Crippen molar-refractivity contribution in [3.63, 3.8) is 0 Å². The largest absolute Gasteiger partial charge is 0.276 e. The molecule has 15 rings (SSSR count). The van der Waals surface area contributed by atoms with Crippen molar-refractivity contribution in [2.75, 3.05) is 0 Å². The monoisotopic (exact) mass is 930 g/mol. The maximum atomic E-state index is 5.61. The van der Waals surface area contributed by atoms with Crippen molar-refractivity contribution in [2.45, 2.75) is 0 Å². The van der Waals surface area contributed by atoms with Crippen LogP contribution < -0.4 is 20.7 Å². The van der Waals surface area contributed by atoms with Crippen molar-refractivity contribution in [2.24, 2.45) is 0 Å². The third-order valence-corrected chi connectivity index (χ3v) is 20.1.